The summed E-state index contributed by atoms with van der Waals surface area (Å²) >= 11 is 0. The van der Waals surface area contributed by atoms with Gasteiger partial charge in [0.1, 0.15) is 11.4 Å². The highest BCUT2D eigenvalue weighted by atomic mass is 32.2. The molecule has 0 saturated carbocycles. The van der Waals surface area contributed by atoms with Crippen LogP contribution in [0, 0.1) is 10.1 Å². The predicted octanol–water partition coefficient (Wildman–Crippen LogP) is 3.22. The van der Waals surface area contributed by atoms with E-state index in [1.165, 1.54) is 19.2 Å². The maximum absolute atomic E-state index is 12.5. The topological polar surface area (TPSA) is 111 Å². The lowest BCUT2D eigenvalue weighted by molar-refractivity contribution is -0.384. The highest BCUT2D eigenvalue weighted by Gasteiger charge is 2.22. The molecule has 2 N–H and O–H groups in total. The van der Waals surface area contributed by atoms with Gasteiger partial charge in [-0.1, -0.05) is 0 Å². The number of sulfonamides is 1. The van der Waals surface area contributed by atoms with Crippen molar-refractivity contribution in [3.05, 3.63) is 52.6 Å². The highest BCUT2D eigenvalue weighted by molar-refractivity contribution is 7.92. The summed E-state index contributed by atoms with van der Waals surface area (Å²) in [6.07, 6.45) is 0. The highest BCUT2D eigenvalue weighted by Crippen LogP contribution is 2.29. The van der Waals surface area contributed by atoms with Crippen LogP contribution < -0.4 is 14.8 Å². The summed E-state index contributed by atoms with van der Waals surface area (Å²) in [4.78, 5) is 10.4. The maximum Gasteiger partial charge on any atom is 0.293 e. The van der Waals surface area contributed by atoms with E-state index in [0.29, 0.717) is 11.4 Å². The minimum Gasteiger partial charge on any atom is -0.497 e. The van der Waals surface area contributed by atoms with Gasteiger partial charge < -0.3 is 10.1 Å². The molecular weight excluding hydrogens is 346 g/mol. The van der Waals surface area contributed by atoms with Gasteiger partial charge in [-0.15, -0.1) is 0 Å². The summed E-state index contributed by atoms with van der Waals surface area (Å²) in [7, 11) is -2.45. The molecule has 0 spiro atoms. The van der Waals surface area contributed by atoms with Crippen molar-refractivity contribution < 1.29 is 18.1 Å². The number of nitro groups is 1. The van der Waals surface area contributed by atoms with Crippen LogP contribution in [0.2, 0.25) is 0 Å². The Bertz CT molecular complexity index is 864. The van der Waals surface area contributed by atoms with Crippen LogP contribution in [0.15, 0.2) is 47.4 Å². The van der Waals surface area contributed by atoms with Gasteiger partial charge in [0.25, 0.3) is 15.7 Å². The van der Waals surface area contributed by atoms with Gasteiger partial charge in [0.05, 0.1) is 16.9 Å². The standard InChI is InChI=1S/C16H19N3O5S/c1-11(2)17-15-9-8-14(10-16(15)19(20)21)25(22,23)18-12-4-6-13(24-3)7-5-12/h4-11,17-18H,1-3H3. The summed E-state index contributed by atoms with van der Waals surface area (Å²) in [5.74, 6) is 0.586. The van der Waals surface area contributed by atoms with Crippen LogP contribution >= 0.6 is 0 Å². The molecule has 0 radical (unpaired) electrons. The molecule has 0 saturated heterocycles. The Morgan fingerprint density at radius 3 is 2.28 bits per heavy atom. The van der Waals surface area contributed by atoms with E-state index in [1.807, 2.05) is 13.8 Å². The number of hydrogen-bond donors (Lipinski definition) is 2. The molecule has 2 aromatic carbocycles. The molecule has 0 aromatic heterocycles. The first-order valence-corrected chi connectivity index (χ1v) is 8.93. The van der Waals surface area contributed by atoms with Gasteiger partial charge in [-0.05, 0) is 50.2 Å². The van der Waals surface area contributed by atoms with Crippen molar-refractivity contribution in [2.24, 2.45) is 0 Å². The lowest BCUT2D eigenvalue weighted by Gasteiger charge is -2.12. The van der Waals surface area contributed by atoms with E-state index in [0.717, 1.165) is 6.07 Å². The van der Waals surface area contributed by atoms with E-state index in [2.05, 4.69) is 10.0 Å². The zero-order valence-electron chi connectivity index (χ0n) is 14.0. The van der Waals surface area contributed by atoms with Crippen molar-refractivity contribution in [2.45, 2.75) is 24.8 Å². The van der Waals surface area contributed by atoms with E-state index >= 15 is 0 Å². The predicted molar refractivity (Wildman–Crippen MR) is 95.7 cm³/mol. The second kappa shape index (κ2) is 7.39. The number of rotatable bonds is 7. The minimum absolute atomic E-state index is 0.0291. The van der Waals surface area contributed by atoms with E-state index in [9.17, 15) is 18.5 Å². The average molecular weight is 365 g/mol. The lowest BCUT2D eigenvalue weighted by Crippen LogP contribution is -2.15. The van der Waals surface area contributed by atoms with Gasteiger partial charge >= 0.3 is 0 Å². The zero-order chi connectivity index (χ0) is 18.6. The zero-order valence-corrected chi connectivity index (χ0v) is 14.8. The fraction of sp³-hybridized carbons (Fsp3) is 0.250. The van der Waals surface area contributed by atoms with Gasteiger partial charge in [-0.2, -0.15) is 0 Å². The molecular formula is C16H19N3O5S. The number of ether oxygens (including phenoxy) is 1. The lowest BCUT2D eigenvalue weighted by atomic mass is 10.2. The summed E-state index contributed by atoms with van der Waals surface area (Å²) in [6, 6.07) is 10.0. The van der Waals surface area contributed by atoms with Gasteiger partial charge in [0.15, 0.2) is 0 Å². The Morgan fingerprint density at radius 1 is 1.12 bits per heavy atom. The van der Waals surface area contributed by atoms with Gasteiger partial charge in [0.2, 0.25) is 0 Å². The maximum atomic E-state index is 12.5. The molecule has 25 heavy (non-hydrogen) atoms. The smallest absolute Gasteiger partial charge is 0.293 e. The molecule has 0 atom stereocenters. The van der Waals surface area contributed by atoms with E-state index < -0.39 is 14.9 Å². The third-order valence-corrected chi connectivity index (χ3v) is 4.64. The minimum atomic E-state index is -3.96. The molecule has 8 nitrogen and oxygen atoms in total. The SMILES string of the molecule is COc1ccc(NS(=O)(=O)c2ccc(NC(C)C)c([N+](=O)[O-])c2)cc1. The van der Waals surface area contributed by atoms with Crippen molar-refractivity contribution in [3.63, 3.8) is 0 Å². The average Bonchev–Trinajstić information content (AvgIpc) is 2.54. The third kappa shape index (κ3) is 4.60. The number of methoxy groups -OCH3 is 1. The molecule has 0 aliphatic rings. The molecule has 0 aliphatic carbocycles. The second-order valence-corrected chi connectivity index (χ2v) is 7.25. The van der Waals surface area contributed by atoms with E-state index in [-0.39, 0.29) is 22.3 Å². The Hall–Kier alpha value is -2.81. The number of benzene rings is 2. The number of nitro benzene ring substituents is 1. The van der Waals surface area contributed by atoms with Crippen LogP contribution in [-0.2, 0) is 10.0 Å². The first-order chi connectivity index (χ1) is 11.7. The van der Waals surface area contributed by atoms with E-state index in [1.54, 1.807) is 24.3 Å². The number of nitrogens with one attached hydrogen (secondary N) is 2. The quantitative estimate of drug-likeness (QED) is 0.576. The molecule has 2 aromatic rings. The molecule has 0 fully saturated rings. The molecule has 0 unspecified atom stereocenters. The number of anilines is 2. The Labute approximate surface area is 146 Å². The fourth-order valence-corrected chi connectivity index (χ4v) is 3.21. The van der Waals surface area contributed by atoms with Crippen LogP contribution in [0.25, 0.3) is 0 Å². The monoisotopic (exact) mass is 365 g/mol. The van der Waals surface area contributed by atoms with Crippen LogP contribution in [0.5, 0.6) is 5.75 Å². The van der Waals surface area contributed by atoms with Crippen molar-refractivity contribution in [1.29, 1.82) is 0 Å². The summed E-state index contributed by atoms with van der Waals surface area (Å²) in [5, 5.41) is 14.2. The van der Waals surface area contributed by atoms with Gasteiger partial charge in [-0.25, -0.2) is 8.42 Å². The van der Waals surface area contributed by atoms with Crippen LogP contribution in [0.1, 0.15) is 13.8 Å². The third-order valence-electron chi connectivity index (χ3n) is 3.26. The van der Waals surface area contributed by atoms with Crippen LogP contribution in [0.4, 0.5) is 17.1 Å². The van der Waals surface area contributed by atoms with Crippen molar-refractivity contribution in [2.75, 3.05) is 17.1 Å². The Kier molecular flexibility index (Phi) is 5.48. The fourth-order valence-electron chi connectivity index (χ4n) is 2.14. The molecule has 134 valence electrons. The first kappa shape index (κ1) is 18.5. The van der Waals surface area contributed by atoms with Gasteiger partial charge in [0, 0.05) is 17.8 Å². The molecule has 0 aliphatic heterocycles. The molecule has 2 rings (SSSR count). The Balaban J connectivity index is 2.34. The summed E-state index contributed by atoms with van der Waals surface area (Å²) in [5.41, 5.74) is 0.294. The number of hydrogen-bond acceptors (Lipinski definition) is 6. The largest absolute Gasteiger partial charge is 0.497 e. The van der Waals surface area contributed by atoms with Crippen molar-refractivity contribution >= 4 is 27.1 Å². The number of nitrogens with zero attached hydrogens (tertiary/aromatic N) is 1. The van der Waals surface area contributed by atoms with Crippen molar-refractivity contribution in [3.8, 4) is 5.75 Å². The molecule has 0 bridgehead atoms. The Morgan fingerprint density at radius 2 is 1.76 bits per heavy atom. The van der Waals surface area contributed by atoms with E-state index in [4.69, 9.17) is 4.74 Å². The first-order valence-electron chi connectivity index (χ1n) is 7.45. The van der Waals surface area contributed by atoms with Crippen LogP contribution in [-0.4, -0.2) is 26.5 Å². The van der Waals surface area contributed by atoms with Gasteiger partial charge in [-0.3, -0.25) is 14.8 Å². The van der Waals surface area contributed by atoms with Crippen molar-refractivity contribution in [1.82, 2.24) is 0 Å². The summed E-state index contributed by atoms with van der Waals surface area (Å²) in [6.45, 7) is 3.67. The van der Waals surface area contributed by atoms with Crippen LogP contribution in [0.3, 0.4) is 0 Å². The molecule has 0 amide bonds. The second-order valence-electron chi connectivity index (χ2n) is 5.57. The summed E-state index contributed by atoms with van der Waals surface area (Å²) < 4.78 is 32.4. The normalized spacial score (nSPS) is 11.2. The molecule has 0 heterocycles. The molecule has 9 heteroatoms.